The van der Waals surface area contributed by atoms with Crippen LogP contribution in [0, 0.1) is 11.6 Å². The summed E-state index contributed by atoms with van der Waals surface area (Å²) >= 11 is 0. The number of nitrogens with one attached hydrogen (secondary N) is 1. The van der Waals surface area contributed by atoms with Gasteiger partial charge in [-0.25, -0.2) is 8.78 Å². The Morgan fingerprint density at radius 3 is 2.53 bits per heavy atom. The minimum Gasteiger partial charge on any atom is -0.494 e. The first kappa shape index (κ1) is 11.9. The molecule has 1 aromatic rings. The van der Waals surface area contributed by atoms with Crippen LogP contribution in [0.15, 0.2) is 12.1 Å². The topological polar surface area (TPSA) is 30.5 Å². The smallest absolute Gasteiger partial charge is 0.165 e. The average molecular weight is 217 g/mol. The van der Waals surface area contributed by atoms with Crippen molar-refractivity contribution in [1.82, 2.24) is 5.32 Å². The number of hydrogen-bond donors (Lipinski definition) is 1. The average Bonchev–Trinajstić information content (AvgIpc) is 2.23. The van der Waals surface area contributed by atoms with Crippen molar-refractivity contribution >= 4 is 0 Å². The second-order valence-electron chi connectivity index (χ2n) is 2.94. The Hall–Kier alpha value is -1.20. The van der Waals surface area contributed by atoms with Crippen molar-refractivity contribution in [3.8, 4) is 5.75 Å². The fourth-order valence-corrected chi connectivity index (χ4v) is 1.15. The molecule has 0 saturated heterocycles. The van der Waals surface area contributed by atoms with Crippen molar-refractivity contribution in [2.45, 2.75) is 6.54 Å². The summed E-state index contributed by atoms with van der Waals surface area (Å²) in [5.41, 5.74) is 0.241. The van der Waals surface area contributed by atoms with E-state index in [1.165, 1.54) is 14.2 Å². The van der Waals surface area contributed by atoms with Crippen LogP contribution in [0.1, 0.15) is 5.56 Å². The Bertz CT molecular complexity index is 331. The van der Waals surface area contributed by atoms with E-state index >= 15 is 0 Å². The van der Waals surface area contributed by atoms with E-state index in [2.05, 4.69) is 10.1 Å². The molecule has 0 aromatic heterocycles. The van der Waals surface area contributed by atoms with Gasteiger partial charge in [0.05, 0.1) is 13.8 Å². The molecule has 1 aromatic carbocycles. The van der Waals surface area contributed by atoms with Crippen LogP contribution in [0.2, 0.25) is 0 Å². The lowest BCUT2D eigenvalue weighted by Gasteiger charge is -2.07. The fourth-order valence-electron chi connectivity index (χ4n) is 1.15. The zero-order valence-corrected chi connectivity index (χ0v) is 8.64. The van der Waals surface area contributed by atoms with Crippen LogP contribution in [0.25, 0.3) is 0 Å². The number of halogens is 2. The van der Waals surface area contributed by atoms with E-state index in [4.69, 9.17) is 4.74 Å². The maximum Gasteiger partial charge on any atom is 0.165 e. The van der Waals surface area contributed by atoms with Crippen LogP contribution in [0.3, 0.4) is 0 Å². The Morgan fingerprint density at radius 2 is 1.93 bits per heavy atom. The molecule has 0 radical (unpaired) electrons. The molecule has 0 spiro atoms. The molecule has 0 atom stereocenters. The van der Waals surface area contributed by atoms with E-state index in [-0.39, 0.29) is 24.6 Å². The molecular formula is C10H13F2NO2. The first-order valence-corrected chi connectivity index (χ1v) is 4.40. The minimum absolute atomic E-state index is 0.0945. The Kier molecular flexibility index (Phi) is 4.45. The second-order valence-corrected chi connectivity index (χ2v) is 2.94. The van der Waals surface area contributed by atoms with E-state index in [1.54, 1.807) is 0 Å². The van der Waals surface area contributed by atoms with Gasteiger partial charge in [-0.05, 0) is 6.07 Å². The molecule has 0 unspecified atom stereocenters. The normalized spacial score (nSPS) is 10.4. The zero-order chi connectivity index (χ0) is 11.3. The quantitative estimate of drug-likeness (QED) is 0.601. The maximum absolute atomic E-state index is 13.3. The summed E-state index contributed by atoms with van der Waals surface area (Å²) in [5, 5.41) is 2.79. The molecule has 1 N–H and O–H groups in total. The summed E-state index contributed by atoms with van der Waals surface area (Å²) in [7, 11) is 2.80. The van der Waals surface area contributed by atoms with Gasteiger partial charge in [-0.1, -0.05) is 0 Å². The van der Waals surface area contributed by atoms with E-state index in [0.29, 0.717) is 0 Å². The molecule has 1 rings (SSSR count). The number of methoxy groups -OCH3 is 2. The van der Waals surface area contributed by atoms with E-state index in [0.717, 1.165) is 12.1 Å². The summed E-state index contributed by atoms with van der Waals surface area (Å²) < 4.78 is 35.9. The third kappa shape index (κ3) is 3.14. The van der Waals surface area contributed by atoms with Crippen molar-refractivity contribution in [3.63, 3.8) is 0 Å². The lowest BCUT2D eigenvalue weighted by Crippen LogP contribution is -2.17. The third-order valence-electron chi connectivity index (χ3n) is 1.88. The lowest BCUT2D eigenvalue weighted by molar-refractivity contribution is 0.174. The van der Waals surface area contributed by atoms with Gasteiger partial charge in [0.2, 0.25) is 0 Å². The molecule has 0 saturated carbocycles. The van der Waals surface area contributed by atoms with Crippen molar-refractivity contribution in [3.05, 3.63) is 29.3 Å². The van der Waals surface area contributed by atoms with Crippen LogP contribution in [0.4, 0.5) is 8.78 Å². The number of hydrogen-bond acceptors (Lipinski definition) is 3. The highest BCUT2D eigenvalue weighted by Gasteiger charge is 2.09. The molecule has 15 heavy (non-hydrogen) atoms. The minimum atomic E-state index is -0.576. The summed E-state index contributed by atoms with van der Waals surface area (Å²) in [5.74, 6) is -1.17. The summed E-state index contributed by atoms with van der Waals surface area (Å²) in [4.78, 5) is 0. The van der Waals surface area contributed by atoms with Crippen molar-refractivity contribution in [2.75, 3.05) is 21.0 Å². The van der Waals surface area contributed by atoms with Gasteiger partial charge < -0.3 is 9.47 Å². The van der Waals surface area contributed by atoms with Crippen molar-refractivity contribution in [2.24, 2.45) is 0 Å². The molecule has 0 fully saturated rings. The Labute approximate surface area is 87.0 Å². The fraction of sp³-hybridized carbons (Fsp3) is 0.400. The predicted molar refractivity (Wildman–Crippen MR) is 51.6 cm³/mol. The first-order chi connectivity index (χ1) is 7.19. The lowest BCUT2D eigenvalue weighted by atomic mass is 10.2. The molecule has 0 aliphatic heterocycles. The molecule has 0 aliphatic rings. The van der Waals surface area contributed by atoms with Gasteiger partial charge in [0, 0.05) is 25.3 Å². The summed E-state index contributed by atoms with van der Waals surface area (Å²) in [6.07, 6.45) is 0. The largest absolute Gasteiger partial charge is 0.494 e. The van der Waals surface area contributed by atoms with Gasteiger partial charge in [-0.3, -0.25) is 5.32 Å². The van der Waals surface area contributed by atoms with Gasteiger partial charge in [0.25, 0.3) is 0 Å². The van der Waals surface area contributed by atoms with Gasteiger partial charge in [0.15, 0.2) is 11.6 Å². The SMILES string of the molecule is COCNCc1cc(F)c(OC)cc1F. The van der Waals surface area contributed by atoms with Crippen molar-refractivity contribution < 1.29 is 18.3 Å². The highest BCUT2D eigenvalue weighted by atomic mass is 19.1. The number of rotatable bonds is 5. The van der Waals surface area contributed by atoms with Crippen LogP contribution in [0.5, 0.6) is 5.75 Å². The van der Waals surface area contributed by atoms with E-state index < -0.39 is 11.6 Å². The monoisotopic (exact) mass is 217 g/mol. The highest BCUT2D eigenvalue weighted by molar-refractivity contribution is 5.30. The Balaban J connectivity index is 2.76. The van der Waals surface area contributed by atoms with Crippen LogP contribution in [-0.4, -0.2) is 21.0 Å². The summed E-state index contributed by atoms with van der Waals surface area (Å²) in [6, 6.07) is 2.13. The zero-order valence-electron chi connectivity index (χ0n) is 8.64. The first-order valence-electron chi connectivity index (χ1n) is 4.40. The van der Waals surface area contributed by atoms with Crippen molar-refractivity contribution in [1.29, 1.82) is 0 Å². The van der Waals surface area contributed by atoms with Crippen LogP contribution >= 0.6 is 0 Å². The Morgan fingerprint density at radius 1 is 1.20 bits per heavy atom. The van der Waals surface area contributed by atoms with Gasteiger partial charge in [0.1, 0.15) is 5.82 Å². The van der Waals surface area contributed by atoms with Gasteiger partial charge in [-0.15, -0.1) is 0 Å². The summed E-state index contributed by atoms with van der Waals surface area (Å²) in [6.45, 7) is 0.494. The second kappa shape index (κ2) is 5.63. The molecule has 84 valence electrons. The van der Waals surface area contributed by atoms with Gasteiger partial charge in [-0.2, -0.15) is 0 Å². The van der Waals surface area contributed by atoms with E-state index in [1.807, 2.05) is 0 Å². The molecule has 0 aliphatic carbocycles. The molecule has 0 amide bonds. The number of benzene rings is 1. The predicted octanol–water partition coefficient (Wildman–Crippen LogP) is 1.67. The third-order valence-corrected chi connectivity index (χ3v) is 1.88. The van der Waals surface area contributed by atoms with E-state index in [9.17, 15) is 8.78 Å². The molecule has 0 bridgehead atoms. The standard InChI is InChI=1S/C10H13F2NO2/c1-14-6-13-5-7-3-9(12)10(15-2)4-8(7)11/h3-4,13H,5-6H2,1-2H3. The highest BCUT2D eigenvalue weighted by Crippen LogP contribution is 2.20. The van der Waals surface area contributed by atoms with Gasteiger partial charge >= 0.3 is 0 Å². The molecule has 3 nitrogen and oxygen atoms in total. The molecule has 0 heterocycles. The molecule has 5 heteroatoms. The maximum atomic E-state index is 13.3. The van der Waals surface area contributed by atoms with Crippen LogP contribution in [-0.2, 0) is 11.3 Å². The van der Waals surface area contributed by atoms with Crippen LogP contribution < -0.4 is 10.1 Å². The number of ether oxygens (including phenoxy) is 2. The molecular weight excluding hydrogens is 204 g/mol.